The van der Waals surface area contributed by atoms with E-state index in [1.807, 2.05) is 43.0 Å². The molecule has 1 fully saturated rings. The van der Waals surface area contributed by atoms with Crippen LogP contribution in [-0.4, -0.2) is 32.1 Å². The summed E-state index contributed by atoms with van der Waals surface area (Å²) in [5.41, 5.74) is 4.38. The Morgan fingerprint density at radius 1 is 1.21 bits per heavy atom. The third kappa shape index (κ3) is 3.89. The Hall–Kier alpha value is -2.37. The molecule has 1 atom stereocenters. The van der Waals surface area contributed by atoms with E-state index < -0.39 is 0 Å². The molecule has 3 heterocycles. The van der Waals surface area contributed by atoms with Gasteiger partial charge in [0.25, 0.3) is 0 Å². The molecule has 29 heavy (non-hydrogen) atoms. The van der Waals surface area contributed by atoms with Crippen molar-refractivity contribution in [3.05, 3.63) is 75.3 Å². The van der Waals surface area contributed by atoms with Crippen molar-refractivity contribution in [1.82, 2.24) is 19.7 Å². The van der Waals surface area contributed by atoms with Crippen LogP contribution in [0.5, 0.6) is 0 Å². The summed E-state index contributed by atoms with van der Waals surface area (Å²) in [5.74, 6) is 0.103. The van der Waals surface area contributed by atoms with Crippen LogP contribution in [0, 0.1) is 13.8 Å². The molecule has 0 bridgehead atoms. The fourth-order valence-corrected chi connectivity index (χ4v) is 4.51. The van der Waals surface area contributed by atoms with Crippen LogP contribution in [0.15, 0.2) is 42.6 Å². The van der Waals surface area contributed by atoms with E-state index in [2.05, 4.69) is 10.1 Å². The normalized spacial score (nSPS) is 16.4. The molecule has 0 aliphatic carbocycles. The molecule has 2 aromatic heterocycles. The number of aryl methyl sites for hydroxylation is 1. The molecule has 1 unspecified atom stereocenters. The zero-order valence-corrected chi connectivity index (χ0v) is 17.9. The number of carbonyl (C=O) groups excluding carboxylic acids is 1. The van der Waals surface area contributed by atoms with Crippen molar-refractivity contribution >= 4 is 29.1 Å². The van der Waals surface area contributed by atoms with Gasteiger partial charge in [0.1, 0.15) is 0 Å². The molecule has 1 aliphatic heterocycles. The van der Waals surface area contributed by atoms with Gasteiger partial charge in [-0.2, -0.15) is 5.10 Å². The molecule has 1 aliphatic rings. The number of amides is 1. The highest BCUT2D eigenvalue weighted by atomic mass is 35.5. The number of aromatic nitrogens is 3. The molecule has 0 saturated carbocycles. The molecule has 3 aromatic rings. The lowest BCUT2D eigenvalue weighted by molar-refractivity contribution is -0.131. The predicted octanol–water partition coefficient (Wildman–Crippen LogP) is 5.10. The first-order valence-corrected chi connectivity index (χ1v) is 10.4. The fourth-order valence-electron chi connectivity index (χ4n) is 4.02. The summed E-state index contributed by atoms with van der Waals surface area (Å²) in [6.07, 6.45) is 4.03. The molecule has 0 radical (unpaired) electrons. The zero-order valence-electron chi connectivity index (χ0n) is 16.4. The molecule has 1 saturated heterocycles. The minimum absolute atomic E-state index is 0.0464. The van der Waals surface area contributed by atoms with Crippen LogP contribution in [-0.2, 0) is 11.2 Å². The number of hydrogen-bond acceptors (Lipinski definition) is 3. The van der Waals surface area contributed by atoms with Crippen LogP contribution in [0.2, 0.25) is 10.0 Å². The van der Waals surface area contributed by atoms with E-state index in [9.17, 15) is 4.79 Å². The molecule has 5 nitrogen and oxygen atoms in total. The van der Waals surface area contributed by atoms with Crippen molar-refractivity contribution in [3.63, 3.8) is 0 Å². The number of benzene rings is 1. The van der Waals surface area contributed by atoms with E-state index in [0.29, 0.717) is 16.5 Å². The smallest absolute Gasteiger partial charge is 0.227 e. The first kappa shape index (κ1) is 19.9. The number of rotatable bonds is 4. The average Bonchev–Trinajstić information content (AvgIpc) is 3.30. The van der Waals surface area contributed by atoms with E-state index in [0.717, 1.165) is 47.7 Å². The van der Waals surface area contributed by atoms with Gasteiger partial charge in [-0.15, -0.1) is 0 Å². The second kappa shape index (κ2) is 8.17. The number of carbonyl (C=O) groups is 1. The summed E-state index contributed by atoms with van der Waals surface area (Å²) in [6.45, 7) is 4.65. The minimum atomic E-state index is 0.0464. The van der Waals surface area contributed by atoms with Gasteiger partial charge in [0.05, 0.1) is 34.6 Å². The van der Waals surface area contributed by atoms with E-state index >= 15 is 0 Å². The predicted molar refractivity (Wildman–Crippen MR) is 115 cm³/mol. The van der Waals surface area contributed by atoms with Gasteiger partial charge in [-0.1, -0.05) is 29.3 Å². The molecule has 1 amide bonds. The van der Waals surface area contributed by atoms with E-state index in [1.54, 1.807) is 23.0 Å². The van der Waals surface area contributed by atoms with Crippen LogP contribution >= 0.6 is 23.2 Å². The van der Waals surface area contributed by atoms with E-state index in [1.165, 1.54) is 0 Å². The lowest BCUT2D eigenvalue weighted by Crippen LogP contribution is -2.32. The van der Waals surface area contributed by atoms with Gasteiger partial charge in [-0.05, 0) is 57.0 Å². The lowest BCUT2D eigenvalue weighted by atomic mass is 10.1. The largest absolute Gasteiger partial charge is 0.334 e. The molecular formula is C22H22Cl2N4O. The summed E-state index contributed by atoms with van der Waals surface area (Å²) < 4.78 is 1.79. The summed E-state index contributed by atoms with van der Waals surface area (Å²) in [6, 6.07) is 11.2. The second-order valence-electron chi connectivity index (χ2n) is 7.33. The highest BCUT2D eigenvalue weighted by Gasteiger charge is 2.31. The Morgan fingerprint density at radius 2 is 2.03 bits per heavy atom. The van der Waals surface area contributed by atoms with Gasteiger partial charge in [-0.3, -0.25) is 9.78 Å². The monoisotopic (exact) mass is 428 g/mol. The Labute approximate surface area is 180 Å². The molecule has 150 valence electrons. The summed E-state index contributed by atoms with van der Waals surface area (Å²) in [5, 5.41) is 5.73. The Bertz CT molecular complexity index is 1050. The van der Waals surface area contributed by atoms with Gasteiger partial charge >= 0.3 is 0 Å². The van der Waals surface area contributed by atoms with Crippen molar-refractivity contribution < 1.29 is 4.79 Å². The lowest BCUT2D eigenvalue weighted by Gasteiger charge is -2.24. The van der Waals surface area contributed by atoms with Gasteiger partial charge < -0.3 is 4.90 Å². The maximum atomic E-state index is 13.2. The number of hydrogen-bond donors (Lipinski definition) is 0. The first-order chi connectivity index (χ1) is 14.0. The first-order valence-electron chi connectivity index (χ1n) is 9.66. The standard InChI is InChI=1S/C22H22Cl2N4O/c1-14-17(15(2)28(26-14)20-9-8-16(23)12-18(20)24)13-22(29)27-11-5-7-21(27)19-6-3-4-10-25-19/h3-4,6,8-10,12,21H,5,7,11,13H2,1-2H3. The minimum Gasteiger partial charge on any atom is -0.334 e. The quantitative estimate of drug-likeness (QED) is 0.580. The van der Waals surface area contributed by atoms with Gasteiger partial charge in [-0.25, -0.2) is 4.68 Å². The highest BCUT2D eigenvalue weighted by Crippen LogP contribution is 2.32. The topological polar surface area (TPSA) is 51.0 Å². The number of pyridine rings is 1. The average molecular weight is 429 g/mol. The van der Waals surface area contributed by atoms with Crippen LogP contribution in [0.1, 0.15) is 41.5 Å². The summed E-state index contributed by atoms with van der Waals surface area (Å²) >= 11 is 12.4. The highest BCUT2D eigenvalue weighted by molar-refractivity contribution is 6.35. The van der Waals surface area contributed by atoms with Crippen LogP contribution in [0.3, 0.4) is 0 Å². The molecule has 1 aromatic carbocycles. The SMILES string of the molecule is Cc1nn(-c2ccc(Cl)cc2Cl)c(C)c1CC(=O)N1CCCC1c1ccccn1. The Morgan fingerprint density at radius 3 is 2.76 bits per heavy atom. The Balaban J connectivity index is 1.60. The molecule has 0 N–H and O–H groups in total. The van der Waals surface area contributed by atoms with Crippen molar-refractivity contribution in [3.8, 4) is 5.69 Å². The van der Waals surface area contributed by atoms with E-state index in [4.69, 9.17) is 23.2 Å². The van der Waals surface area contributed by atoms with Crippen LogP contribution in [0.25, 0.3) is 5.69 Å². The summed E-state index contributed by atoms with van der Waals surface area (Å²) in [4.78, 5) is 19.6. The molecule has 0 spiro atoms. The van der Waals surface area contributed by atoms with Crippen molar-refractivity contribution in [2.45, 2.75) is 39.2 Å². The van der Waals surface area contributed by atoms with Crippen LogP contribution in [0.4, 0.5) is 0 Å². The molecule has 4 rings (SSSR count). The van der Waals surface area contributed by atoms with Gasteiger partial charge in [0, 0.05) is 29.0 Å². The van der Waals surface area contributed by atoms with Crippen molar-refractivity contribution in [2.24, 2.45) is 0 Å². The number of likely N-dealkylation sites (tertiary alicyclic amines) is 1. The fraction of sp³-hybridized carbons (Fsp3) is 0.318. The maximum absolute atomic E-state index is 13.2. The van der Waals surface area contributed by atoms with Crippen LogP contribution < -0.4 is 0 Å². The third-order valence-electron chi connectivity index (χ3n) is 5.51. The van der Waals surface area contributed by atoms with Gasteiger partial charge in [0.15, 0.2) is 0 Å². The van der Waals surface area contributed by atoms with Gasteiger partial charge in [0.2, 0.25) is 5.91 Å². The third-order valence-corrected chi connectivity index (χ3v) is 6.05. The Kier molecular flexibility index (Phi) is 5.61. The van der Waals surface area contributed by atoms with Crippen molar-refractivity contribution in [2.75, 3.05) is 6.54 Å². The maximum Gasteiger partial charge on any atom is 0.227 e. The number of nitrogens with zero attached hydrogens (tertiary/aromatic N) is 4. The molecular weight excluding hydrogens is 407 g/mol. The van der Waals surface area contributed by atoms with E-state index in [-0.39, 0.29) is 11.9 Å². The molecule has 7 heteroatoms. The number of halogens is 2. The van der Waals surface area contributed by atoms with Crippen molar-refractivity contribution in [1.29, 1.82) is 0 Å². The summed E-state index contributed by atoms with van der Waals surface area (Å²) in [7, 11) is 0. The second-order valence-corrected chi connectivity index (χ2v) is 8.18. The zero-order chi connectivity index (χ0) is 20.5.